The molecule has 1 aromatic heterocycles. The van der Waals surface area contributed by atoms with Crippen molar-refractivity contribution in [1.82, 2.24) is 4.98 Å². The topological polar surface area (TPSA) is 68.3 Å². The lowest BCUT2D eigenvalue weighted by Crippen LogP contribution is -1.94. The molecule has 0 aliphatic rings. The normalized spacial score (nSPS) is 10.1. The van der Waals surface area contributed by atoms with E-state index in [0.29, 0.717) is 35.3 Å². The number of rotatable bonds is 5. The molecule has 2 aromatic rings. The van der Waals surface area contributed by atoms with Gasteiger partial charge in [-0.15, -0.1) is 0 Å². The first-order valence-electron chi connectivity index (χ1n) is 6.21. The van der Waals surface area contributed by atoms with E-state index < -0.39 is 0 Å². The third-order valence-corrected chi connectivity index (χ3v) is 2.99. The largest absolute Gasteiger partial charge is 0.493 e. The first kappa shape index (κ1) is 13.9. The third kappa shape index (κ3) is 2.91. The fourth-order valence-electron chi connectivity index (χ4n) is 1.97. The lowest BCUT2D eigenvalue weighted by Gasteiger charge is -2.08. The summed E-state index contributed by atoms with van der Waals surface area (Å²) in [5, 5.41) is 8.71. The fraction of sp³-hybridized carbons (Fsp3) is 0.333. The molecule has 0 unspecified atom stereocenters. The van der Waals surface area contributed by atoms with E-state index in [1.165, 1.54) is 0 Å². The molecule has 2 rings (SSSR count). The highest BCUT2D eigenvalue weighted by atomic mass is 16.5. The van der Waals surface area contributed by atoms with E-state index in [4.69, 9.17) is 19.2 Å². The number of aryl methyl sites for hydroxylation is 1. The van der Waals surface area contributed by atoms with E-state index in [9.17, 15) is 0 Å². The molecule has 1 heterocycles. The highest BCUT2D eigenvalue weighted by Crippen LogP contribution is 2.28. The van der Waals surface area contributed by atoms with Crippen LogP contribution in [0.2, 0.25) is 0 Å². The molecule has 5 heteroatoms. The molecule has 0 N–H and O–H groups in total. The SMILES string of the molecule is COc1ccc(Cc2nc(CC#N)c(C)o2)cc1OC. The van der Waals surface area contributed by atoms with Crippen molar-refractivity contribution in [3.63, 3.8) is 0 Å². The molecule has 0 fully saturated rings. The molecule has 0 aliphatic carbocycles. The maximum atomic E-state index is 8.71. The fourth-order valence-corrected chi connectivity index (χ4v) is 1.97. The second-order valence-electron chi connectivity index (χ2n) is 4.31. The summed E-state index contributed by atoms with van der Waals surface area (Å²) in [6, 6.07) is 7.75. The van der Waals surface area contributed by atoms with Gasteiger partial charge in [-0.05, 0) is 24.6 Å². The number of aromatic nitrogens is 1. The molecule has 0 saturated carbocycles. The van der Waals surface area contributed by atoms with Crippen LogP contribution in [0.3, 0.4) is 0 Å². The molecule has 0 bridgehead atoms. The number of nitriles is 1. The van der Waals surface area contributed by atoms with E-state index in [0.717, 1.165) is 5.56 Å². The molecule has 20 heavy (non-hydrogen) atoms. The third-order valence-electron chi connectivity index (χ3n) is 2.99. The van der Waals surface area contributed by atoms with Crippen LogP contribution in [0.5, 0.6) is 11.5 Å². The van der Waals surface area contributed by atoms with Crippen LogP contribution in [0.15, 0.2) is 22.6 Å². The van der Waals surface area contributed by atoms with E-state index in [-0.39, 0.29) is 6.42 Å². The minimum absolute atomic E-state index is 0.265. The van der Waals surface area contributed by atoms with Crippen LogP contribution < -0.4 is 9.47 Å². The number of nitrogens with zero attached hydrogens (tertiary/aromatic N) is 2. The lowest BCUT2D eigenvalue weighted by molar-refractivity contribution is 0.354. The zero-order chi connectivity index (χ0) is 14.5. The van der Waals surface area contributed by atoms with Gasteiger partial charge in [0.15, 0.2) is 17.4 Å². The lowest BCUT2D eigenvalue weighted by atomic mass is 10.1. The van der Waals surface area contributed by atoms with Crippen LogP contribution in [-0.4, -0.2) is 19.2 Å². The van der Waals surface area contributed by atoms with Crippen molar-refractivity contribution in [2.45, 2.75) is 19.8 Å². The molecule has 5 nitrogen and oxygen atoms in total. The smallest absolute Gasteiger partial charge is 0.199 e. The van der Waals surface area contributed by atoms with Gasteiger partial charge in [0.25, 0.3) is 0 Å². The van der Waals surface area contributed by atoms with Crippen molar-refractivity contribution in [1.29, 1.82) is 5.26 Å². The van der Waals surface area contributed by atoms with Gasteiger partial charge in [-0.2, -0.15) is 5.26 Å². The second kappa shape index (κ2) is 6.11. The maximum absolute atomic E-state index is 8.71. The Morgan fingerprint density at radius 2 is 2.00 bits per heavy atom. The Bertz CT molecular complexity index is 641. The number of methoxy groups -OCH3 is 2. The summed E-state index contributed by atoms with van der Waals surface area (Å²) in [7, 11) is 3.20. The van der Waals surface area contributed by atoms with Gasteiger partial charge in [0, 0.05) is 6.42 Å². The van der Waals surface area contributed by atoms with Gasteiger partial charge in [0.1, 0.15) is 5.76 Å². The Labute approximate surface area is 117 Å². The van der Waals surface area contributed by atoms with Gasteiger partial charge in [-0.25, -0.2) is 4.98 Å². The van der Waals surface area contributed by atoms with E-state index in [1.807, 2.05) is 25.1 Å². The van der Waals surface area contributed by atoms with Gasteiger partial charge in [0.05, 0.1) is 32.4 Å². The van der Waals surface area contributed by atoms with Crippen LogP contribution in [0.4, 0.5) is 0 Å². The Morgan fingerprint density at radius 3 is 2.65 bits per heavy atom. The van der Waals surface area contributed by atoms with Crippen molar-refractivity contribution >= 4 is 0 Å². The minimum atomic E-state index is 0.265. The molecule has 0 aliphatic heterocycles. The Morgan fingerprint density at radius 1 is 1.25 bits per heavy atom. The van der Waals surface area contributed by atoms with Crippen molar-refractivity contribution < 1.29 is 13.9 Å². The Kier molecular flexibility index (Phi) is 4.26. The van der Waals surface area contributed by atoms with Gasteiger partial charge in [-0.3, -0.25) is 0 Å². The molecular weight excluding hydrogens is 256 g/mol. The Balaban J connectivity index is 2.22. The van der Waals surface area contributed by atoms with Crippen LogP contribution in [0.1, 0.15) is 22.9 Å². The van der Waals surface area contributed by atoms with Crippen molar-refractivity contribution in [3.8, 4) is 17.6 Å². The first-order chi connectivity index (χ1) is 9.67. The summed E-state index contributed by atoms with van der Waals surface area (Å²) in [5.74, 6) is 2.65. The molecule has 1 aromatic carbocycles. The van der Waals surface area contributed by atoms with Crippen molar-refractivity contribution in [2.24, 2.45) is 0 Å². The minimum Gasteiger partial charge on any atom is -0.493 e. The summed E-state index contributed by atoms with van der Waals surface area (Å²) in [5.41, 5.74) is 1.70. The van der Waals surface area contributed by atoms with Crippen LogP contribution in [0, 0.1) is 18.3 Å². The first-order valence-corrected chi connectivity index (χ1v) is 6.21. The summed E-state index contributed by atoms with van der Waals surface area (Å²) >= 11 is 0. The number of benzene rings is 1. The number of hydrogen-bond donors (Lipinski definition) is 0. The standard InChI is InChI=1S/C15H16N2O3/c1-10-12(6-7-16)17-15(20-10)9-11-4-5-13(18-2)14(8-11)19-3/h4-5,8H,6,9H2,1-3H3. The van der Waals surface area contributed by atoms with Gasteiger partial charge >= 0.3 is 0 Å². The predicted molar refractivity (Wildman–Crippen MR) is 72.9 cm³/mol. The van der Waals surface area contributed by atoms with E-state index in [2.05, 4.69) is 11.1 Å². The molecule has 0 atom stereocenters. The summed E-state index contributed by atoms with van der Waals surface area (Å²) in [6.45, 7) is 1.82. The highest BCUT2D eigenvalue weighted by molar-refractivity contribution is 5.43. The average molecular weight is 272 g/mol. The zero-order valence-corrected chi connectivity index (χ0v) is 11.8. The van der Waals surface area contributed by atoms with E-state index >= 15 is 0 Å². The quantitative estimate of drug-likeness (QED) is 0.837. The van der Waals surface area contributed by atoms with Gasteiger partial charge < -0.3 is 13.9 Å². The maximum Gasteiger partial charge on any atom is 0.199 e. The molecule has 0 amide bonds. The number of ether oxygens (including phenoxy) is 2. The predicted octanol–water partition coefficient (Wildman–Crippen LogP) is 2.66. The molecule has 0 radical (unpaired) electrons. The summed E-state index contributed by atoms with van der Waals surface area (Å²) in [6.07, 6.45) is 0.813. The number of oxazole rings is 1. The monoisotopic (exact) mass is 272 g/mol. The molecule has 104 valence electrons. The van der Waals surface area contributed by atoms with Crippen LogP contribution in [-0.2, 0) is 12.8 Å². The van der Waals surface area contributed by atoms with Crippen LogP contribution >= 0.6 is 0 Å². The van der Waals surface area contributed by atoms with Gasteiger partial charge in [-0.1, -0.05) is 6.07 Å². The molecule has 0 spiro atoms. The summed E-state index contributed by atoms with van der Waals surface area (Å²) < 4.78 is 16.0. The van der Waals surface area contributed by atoms with Crippen molar-refractivity contribution in [3.05, 3.63) is 41.1 Å². The van der Waals surface area contributed by atoms with Gasteiger partial charge in [0.2, 0.25) is 0 Å². The number of hydrogen-bond acceptors (Lipinski definition) is 5. The van der Waals surface area contributed by atoms with Crippen LogP contribution in [0.25, 0.3) is 0 Å². The van der Waals surface area contributed by atoms with Crippen molar-refractivity contribution in [2.75, 3.05) is 14.2 Å². The summed E-state index contributed by atoms with van der Waals surface area (Å²) in [4.78, 5) is 4.33. The highest BCUT2D eigenvalue weighted by Gasteiger charge is 2.11. The van der Waals surface area contributed by atoms with E-state index in [1.54, 1.807) is 14.2 Å². The Hall–Kier alpha value is -2.48. The molecule has 0 saturated heterocycles. The zero-order valence-electron chi connectivity index (χ0n) is 11.8. The average Bonchev–Trinajstić information content (AvgIpc) is 2.79. The second-order valence-corrected chi connectivity index (χ2v) is 4.31. The molecular formula is C15H16N2O3.